The van der Waals surface area contributed by atoms with E-state index in [0.29, 0.717) is 0 Å². The predicted octanol–water partition coefficient (Wildman–Crippen LogP) is 14.4. The Morgan fingerprint density at radius 2 is 1.41 bits per heavy atom. The highest BCUT2D eigenvalue weighted by Crippen LogP contribution is 2.46. The second kappa shape index (κ2) is 17.6. The Morgan fingerprint density at radius 1 is 0.796 bits per heavy atom. The molecule has 3 aromatic carbocycles. The van der Waals surface area contributed by atoms with Crippen LogP contribution in [-0.4, -0.2) is 13.3 Å². The maximum Gasteiger partial charge on any atom is 0.416 e. The monoisotopic (exact) mass is 725 g/mol. The number of benzene rings is 3. The van der Waals surface area contributed by atoms with Crippen LogP contribution >= 0.6 is 23.1 Å². The molecule has 0 N–H and O–H groups in total. The Morgan fingerprint density at radius 3 is 2.00 bits per heavy atom. The van der Waals surface area contributed by atoms with Crippen LogP contribution in [0.5, 0.6) is 5.75 Å². The number of unbranched alkanes of at least 4 members (excludes halogenated alkanes) is 7. The number of alkyl halides is 3. The van der Waals surface area contributed by atoms with Gasteiger partial charge in [-0.25, -0.2) is 4.98 Å². The maximum absolute atomic E-state index is 13.2. The maximum atomic E-state index is 13.2. The highest BCUT2D eigenvalue weighted by molar-refractivity contribution is 7.99. The molecule has 1 unspecified atom stereocenters. The third-order valence-corrected chi connectivity index (χ3v) is 16.8. The van der Waals surface area contributed by atoms with Gasteiger partial charge in [0, 0.05) is 20.6 Å². The van der Waals surface area contributed by atoms with Gasteiger partial charge in [-0.2, -0.15) is 13.2 Å². The third-order valence-electron chi connectivity index (χ3n) is 9.70. The Kier molecular flexibility index (Phi) is 14.1. The molecule has 0 spiro atoms. The predicted molar refractivity (Wildman–Crippen MR) is 207 cm³/mol. The number of hydrogen-bond donors (Lipinski definition) is 0. The quantitative estimate of drug-likeness (QED) is 0.0615. The van der Waals surface area contributed by atoms with Gasteiger partial charge in [-0.3, -0.25) is 0 Å². The summed E-state index contributed by atoms with van der Waals surface area (Å²) in [7, 11) is -1.96. The second-order valence-corrected chi connectivity index (χ2v) is 21.8. The van der Waals surface area contributed by atoms with Crippen molar-refractivity contribution in [1.29, 1.82) is 0 Å². The molecule has 0 saturated carbocycles. The smallest absolute Gasteiger partial charge is 0.416 e. The van der Waals surface area contributed by atoms with E-state index < -0.39 is 20.1 Å². The van der Waals surface area contributed by atoms with Gasteiger partial charge < -0.3 is 4.43 Å². The molecule has 2 nitrogen and oxygen atoms in total. The number of nitrogens with zero attached hydrogens (tertiary/aromatic N) is 1. The van der Waals surface area contributed by atoms with Crippen LogP contribution in [0.25, 0.3) is 10.6 Å². The molecule has 0 aliphatic rings. The molecule has 1 heterocycles. The van der Waals surface area contributed by atoms with E-state index in [0.717, 1.165) is 52.6 Å². The largest absolute Gasteiger partial charge is 0.543 e. The molecule has 4 aromatic rings. The van der Waals surface area contributed by atoms with E-state index in [1.807, 2.05) is 18.7 Å². The van der Waals surface area contributed by atoms with Gasteiger partial charge in [0.15, 0.2) is 0 Å². The molecule has 0 aliphatic heterocycles. The van der Waals surface area contributed by atoms with Crippen LogP contribution in [0, 0.1) is 13.8 Å². The molecule has 1 atom stereocenters. The standard InChI is InChI=1S/C41H54F3NOS2Si/c1-30-29-35(27-28-36(30)46-49(6,7)40(3,4)5)47-37(22-18-13-11-9-8-10-12-15-19-32-20-16-14-17-21-32)38-31(2)45-39(48-38)33-23-25-34(26-24-33)41(42,43)44/h14,16-17,20-21,23-29,37H,8-13,15,18-19,22H2,1-7H3. The summed E-state index contributed by atoms with van der Waals surface area (Å²) in [5.41, 5.74) is 3.62. The van der Waals surface area contributed by atoms with E-state index >= 15 is 0 Å². The van der Waals surface area contributed by atoms with Gasteiger partial charge in [-0.05, 0) is 92.7 Å². The molecule has 4 rings (SSSR count). The van der Waals surface area contributed by atoms with Crippen molar-refractivity contribution >= 4 is 31.4 Å². The minimum atomic E-state index is -4.35. The minimum absolute atomic E-state index is 0.120. The van der Waals surface area contributed by atoms with Crippen molar-refractivity contribution in [3.8, 4) is 16.3 Å². The van der Waals surface area contributed by atoms with Crippen LogP contribution in [0.2, 0.25) is 18.1 Å². The van der Waals surface area contributed by atoms with Crippen LogP contribution < -0.4 is 4.43 Å². The summed E-state index contributed by atoms with van der Waals surface area (Å²) in [6, 6.07) is 22.7. The van der Waals surface area contributed by atoms with E-state index in [9.17, 15) is 13.2 Å². The Hall–Kier alpha value is -2.55. The fourth-order valence-electron chi connectivity index (χ4n) is 5.64. The minimum Gasteiger partial charge on any atom is -0.543 e. The molecule has 0 amide bonds. The van der Waals surface area contributed by atoms with Crippen molar-refractivity contribution in [1.82, 2.24) is 4.98 Å². The molecule has 8 heteroatoms. The van der Waals surface area contributed by atoms with Crippen molar-refractivity contribution in [2.75, 3.05) is 0 Å². The Bertz CT molecular complexity index is 1590. The normalized spacial score (nSPS) is 13.1. The van der Waals surface area contributed by atoms with Crippen molar-refractivity contribution in [3.05, 3.63) is 100 Å². The summed E-state index contributed by atoms with van der Waals surface area (Å²) in [6.45, 7) is 15.5. The summed E-state index contributed by atoms with van der Waals surface area (Å²) in [5, 5.41) is 1.10. The summed E-state index contributed by atoms with van der Waals surface area (Å²) in [6.07, 6.45) is 7.83. The van der Waals surface area contributed by atoms with Crippen LogP contribution in [-0.2, 0) is 12.6 Å². The lowest BCUT2D eigenvalue weighted by Gasteiger charge is -2.37. The van der Waals surface area contributed by atoms with E-state index in [1.54, 1.807) is 23.5 Å². The van der Waals surface area contributed by atoms with Gasteiger partial charge in [0.05, 0.1) is 11.3 Å². The van der Waals surface area contributed by atoms with Crippen molar-refractivity contribution < 1.29 is 17.6 Å². The van der Waals surface area contributed by atoms with Gasteiger partial charge in [0.2, 0.25) is 8.32 Å². The van der Waals surface area contributed by atoms with Crippen molar-refractivity contribution in [2.24, 2.45) is 0 Å². The van der Waals surface area contributed by atoms with E-state index in [-0.39, 0.29) is 10.3 Å². The van der Waals surface area contributed by atoms with Gasteiger partial charge in [0.1, 0.15) is 10.8 Å². The second-order valence-electron chi connectivity index (χ2n) is 14.8. The molecule has 0 aliphatic carbocycles. The number of thioether (sulfide) groups is 1. The van der Waals surface area contributed by atoms with Crippen LogP contribution in [0.3, 0.4) is 0 Å². The van der Waals surface area contributed by atoms with Crippen LogP contribution in [0.1, 0.15) is 111 Å². The zero-order valence-corrected chi connectivity index (χ0v) is 33.0. The average molecular weight is 726 g/mol. The molecule has 49 heavy (non-hydrogen) atoms. The number of hydrogen-bond acceptors (Lipinski definition) is 4. The van der Waals surface area contributed by atoms with E-state index in [4.69, 9.17) is 9.41 Å². The highest BCUT2D eigenvalue weighted by atomic mass is 32.2. The molecule has 1 aromatic heterocycles. The first-order valence-corrected chi connectivity index (χ1v) is 22.4. The first kappa shape index (κ1) is 39.2. The summed E-state index contributed by atoms with van der Waals surface area (Å²) in [5.74, 6) is 0.964. The number of aromatic nitrogens is 1. The van der Waals surface area contributed by atoms with Crippen LogP contribution in [0.15, 0.2) is 77.7 Å². The molecule has 266 valence electrons. The molecular weight excluding hydrogens is 672 g/mol. The third kappa shape index (κ3) is 11.7. The summed E-state index contributed by atoms with van der Waals surface area (Å²) in [4.78, 5) is 7.26. The molecule has 0 fully saturated rings. The van der Waals surface area contributed by atoms with E-state index in [2.05, 4.69) is 89.3 Å². The number of thiazole rings is 1. The molecular formula is C41H54F3NOS2Si. The van der Waals surface area contributed by atoms with Gasteiger partial charge in [-0.15, -0.1) is 23.1 Å². The zero-order chi connectivity index (χ0) is 35.7. The highest BCUT2D eigenvalue weighted by Gasteiger charge is 2.39. The molecule has 0 saturated heterocycles. The van der Waals surface area contributed by atoms with Gasteiger partial charge in [-0.1, -0.05) is 108 Å². The Labute approximate surface area is 302 Å². The first-order valence-electron chi connectivity index (χ1n) is 17.8. The topological polar surface area (TPSA) is 22.1 Å². The van der Waals surface area contributed by atoms with Gasteiger partial charge in [0.25, 0.3) is 0 Å². The van der Waals surface area contributed by atoms with Gasteiger partial charge >= 0.3 is 6.18 Å². The molecule has 0 bridgehead atoms. The van der Waals surface area contributed by atoms with Crippen molar-refractivity contribution in [2.45, 2.75) is 133 Å². The summed E-state index contributed by atoms with van der Waals surface area (Å²) < 4.78 is 46.2. The lowest BCUT2D eigenvalue weighted by atomic mass is 10.0. The first-order chi connectivity index (χ1) is 23.1. The number of rotatable bonds is 17. The number of halogens is 3. The van der Waals surface area contributed by atoms with E-state index in [1.165, 1.54) is 66.7 Å². The van der Waals surface area contributed by atoms with Crippen molar-refractivity contribution in [3.63, 3.8) is 0 Å². The number of aryl methyl sites for hydroxylation is 3. The SMILES string of the molecule is Cc1cc(SC(CCCCCCCCCCc2ccccc2)c2sc(-c3ccc(C(F)(F)F)cc3)nc2C)ccc1O[Si](C)(C)C(C)(C)C. The average Bonchev–Trinajstić information content (AvgIpc) is 3.43. The Balaban J connectivity index is 1.39. The fraction of sp³-hybridized carbons (Fsp3) is 0.488. The molecule has 0 radical (unpaired) electrons. The summed E-state index contributed by atoms with van der Waals surface area (Å²) >= 11 is 3.49. The zero-order valence-electron chi connectivity index (χ0n) is 30.4. The lowest BCUT2D eigenvalue weighted by molar-refractivity contribution is -0.137. The lowest BCUT2D eigenvalue weighted by Crippen LogP contribution is -2.44. The van der Waals surface area contributed by atoms with Crippen LogP contribution in [0.4, 0.5) is 13.2 Å². The fourth-order valence-corrected chi connectivity index (χ4v) is 9.39.